The van der Waals surface area contributed by atoms with Crippen LogP contribution in [0.15, 0.2) is 18.3 Å². The van der Waals surface area contributed by atoms with Gasteiger partial charge in [-0.15, -0.1) is 0 Å². The van der Waals surface area contributed by atoms with Crippen LogP contribution in [0.5, 0.6) is 0 Å². The van der Waals surface area contributed by atoms with Gasteiger partial charge in [0.2, 0.25) is 5.91 Å². The molecule has 1 aromatic heterocycles. The number of nitrogens with one attached hydrogen (secondary N) is 1. The van der Waals surface area contributed by atoms with Gasteiger partial charge in [-0.2, -0.15) is 13.2 Å². The van der Waals surface area contributed by atoms with Crippen molar-refractivity contribution < 1.29 is 22.7 Å². The lowest BCUT2D eigenvalue weighted by Gasteiger charge is -2.32. The van der Waals surface area contributed by atoms with Crippen LogP contribution in [0.25, 0.3) is 0 Å². The normalized spacial score (nSPS) is 16.4. The lowest BCUT2D eigenvalue weighted by molar-refractivity contribution is -0.137. The van der Waals surface area contributed by atoms with Crippen molar-refractivity contribution in [3.8, 4) is 0 Å². The van der Waals surface area contributed by atoms with E-state index in [4.69, 9.17) is 4.74 Å². The number of methoxy groups -OCH3 is 1. The molecule has 1 amide bonds. The van der Waals surface area contributed by atoms with Crippen LogP contribution in [0.4, 0.5) is 19.0 Å². The standard InChI is InChI=1S/C15H20F3N3O2/c1-23-9-6-14(22)21-7-4-12(5-8-21)20-13-3-2-11(10-19-13)15(16,17)18/h2-3,10,12H,4-9H2,1H3,(H,19,20). The van der Waals surface area contributed by atoms with Crippen LogP contribution in [-0.4, -0.2) is 48.6 Å². The van der Waals surface area contributed by atoms with Crippen molar-refractivity contribution in [2.45, 2.75) is 31.5 Å². The Labute approximate surface area is 132 Å². The maximum absolute atomic E-state index is 12.5. The molecule has 0 saturated carbocycles. The van der Waals surface area contributed by atoms with E-state index in [2.05, 4.69) is 10.3 Å². The van der Waals surface area contributed by atoms with E-state index >= 15 is 0 Å². The number of anilines is 1. The SMILES string of the molecule is COCCC(=O)N1CCC(Nc2ccc(C(F)(F)F)cn2)CC1. The summed E-state index contributed by atoms with van der Waals surface area (Å²) >= 11 is 0. The highest BCUT2D eigenvalue weighted by Gasteiger charge is 2.30. The number of hydrogen-bond donors (Lipinski definition) is 1. The molecule has 2 rings (SSSR count). The Morgan fingerprint density at radius 1 is 1.39 bits per heavy atom. The second-order valence-electron chi connectivity index (χ2n) is 5.47. The molecule has 1 N–H and O–H groups in total. The second-order valence-corrected chi connectivity index (χ2v) is 5.47. The molecule has 0 spiro atoms. The molecule has 1 aliphatic heterocycles. The van der Waals surface area contributed by atoms with Crippen molar-refractivity contribution in [3.05, 3.63) is 23.9 Å². The minimum absolute atomic E-state index is 0.0676. The zero-order valence-corrected chi connectivity index (χ0v) is 12.9. The maximum Gasteiger partial charge on any atom is 0.417 e. The van der Waals surface area contributed by atoms with Gasteiger partial charge in [0.05, 0.1) is 18.6 Å². The number of likely N-dealkylation sites (tertiary alicyclic amines) is 1. The molecule has 1 aromatic rings. The van der Waals surface area contributed by atoms with E-state index in [1.807, 2.05) is 0 Å². The summed E-state index contributed by atoms with van der Waals surface area (Å²) < 4.78 is 42.3. The highest BCUT2D eigenvalue weighted by atomic mass is 19.4. The summed E-state index contributed by atoms with van der Waals surface area (Å²) in [6, 6.07) is 2.45. The van der Waals surface area contributed by atoms with E-state index in [1.54, 1.807) is 12.0 Å². The Balaban J connectivity index is 1.81. The molecule has 5 nitrogen and oxygen atoms in total. The van der Waals surface area contributed by atoms with Crippen LogP contribution in [0.2, 0.25) is 0 Å². The third kappa shape index (κ3) is 5.09. The zero-order valence-electron chi connectivity index (χ0n) is 12.9. The number of alkyl halides is 3. The summed E-state index contributed by atoms with van der Waals surface area (Å²) in [5.41, 5.74) is -0.762. The van der Waals surface area contributed by atoms with Crippen molar-refractivity contribution >= 4 is 11.7 Å². The Morgan fingerprint density at radius 3 is 2.61 bits per heavy atom. The summed E-state index contributed by atoms with van der Waals surface area (Å²) in [6.45, 7) is 1.66. The zero-order chi connectivity index (χ0) is 16.9. The number of halogens is 3. The number of pyridine rings is 1. The quantitative estimate of drug-likeness (QED) is 0.901. The molecule has 0 radical (unpaired) electrons. The van der Waals surface area contributed by atoms with Crippen molar-refractivity contribution in [2.24, 2.45) is 0 Å². The van der Waals surface area contributed by atoms with E-state index in [9.17, 15) is 18.0 Å². The fourth-order valence-corrected chi connectivity index (χ4v) is 2.48. The van der Waals surface area contributed by atoms with E-state index in [0.717, 1.165) is 25.1 Å². The average Bonchev–Trinajstić information content (AvgIpc) is 2.53. The Bertz CT molecular complexity index is 512. The molecule has 1 aliphatic rings. The van der Waals surface area contributed by atoms with Gasteiger partial charge in [0.15, 0.2) is 0 Å². The van der Waals surface area contributed by atoms with Crippen molar-refractivity contribution in [1.29, 1.82) is 0 Å². The highest BCUT2D eigenvalue weighted by molar-refractivity contribution is 5.76. The molecule has 2 heterocycles. The number of carbonyl (C=O) groups excluding carboxylic acids is 1. The number of nitrogens with zero attached hydrogens (tertiary/aromatic N) is 2. The fourth-order valence-electron chi connectivity index (χ4n) is 2.48. The first-order valence-corrected chi connectivity index (χ1v) is 7.46. The van der Waals surface area contributed by atoms with Gasteiger partial charge in [0.1, 0.15) is 5.82 Å². The van der Waals surface area contributed by atoms with Crippen molar-refractivity contribution in [2.75, 3.05) is 32.1 Å². The van der Waals surface area contributed by atoms with Crippen LogP contribution >= 0.6 is 0 Å². The first-order valence-electron chi connectivity index (χ1n) is 7.46. The summed E-state index contributed by atoms with van der Waals surface area (Å²) in [5, 5.41) is 3.12. The number of ether oxygens (including phenoxy) is 1. The molecule has 1 fully saturated rings. The van der Waals surface area contributed by atoms with Crippen LogP contribution in [0, 0.1) is 0 Å². The lowest BCUT2D eigenvalue weighted by Crippen LogP contribution is -2.42. The summed E-state index contributed by atoms with van der Waals surface area (Å²) in [7, 11) is 1.56. The van der Waals surface area contributed by atoms with Crippen LogP contribution in [-0.2, 0) is 15.7 Å². The van der Waals surface area contributed by atoms with Gasteiger partial charge in [-0.1, -0.05) is 0 Å². The predicted molar refractivity (Wildman–Crippen MR) is 79.0 cm³/mol. The fraction of sp³-hybridized carbons (Fsp3) is 0.600. The largest absolute Gasteiger partial charge is 0.417 e. The van der Waals surface area contributed by atoms with E-state index < -0.39 is 11.7 Å². The topological polar surface area (TPSA) is 54.5 Å². The van der Waals surface area contributed by atoms with Crippen LogP contribution < -0.4 is 5.32 Å². The number of amides is 1. The Kier molecular flexibility index (Phi) is 5.81. The molecule has 0 bridgehead atoms. The molecule has 8 heteroatoms. The first-order chi connectivity index (χ1) is 10.9. The predicted octanol–water partition coefficient (Wildman–Crippen LogP) is 2.54. The van der Waals surface area contributed by atoms with Gasteiger partial charge >= 0.3 is 6.18 Å². The summed E-state index contributed by atoms with van der Waals surface area (Å²) in [4.78, 5) is 17.5. The first kappa shape index (κ1) is 17.5. The third-order valence-corrected chi connectivity index (χ3v) is 3.81. The lowest BCUT2D eigenvalue weighted by atomic mass is 10.0. The van der Waals surface area contributed by atoms with Crippen LogP contribution in [0.3, 0.4) is 0 Å². The molecule has 23 heavy (non-hydrogen) atoms. The van der Waals surface area contributed by atoms with E-state index in [0.29, 0.717) is 31.9 Å². The molecule has 0 unspecified atom stereocenters. The summed E-state index contributed by atoms with van der Waals surface area (Å²) in [6.07, 6.45) is -1.71. The number of hydrogen-bond acceptors (Lipinski definition) is 4. The molecule has 0 aromatic carbocycles. The Hall–Kier alpha value is -1.83. The minimum atomic E-state index is -4.38. The number of rotatable bonds is 5. The molecular formula is C15H20F3N3O2. The average molecular weight is 331 g/mol. The Morgan fingerprint density at radius 2 is 2.09 bits per heavy atom. The smallest absolute Gasteiger partial charge is 0.384 e. The number of aromatic nitrogens is 1. The monoisotopic (exact) mass is 331 g/mol. The number of carbonyl (C=O) groups is 1. The molecule has 0 aliphatic carbocycles. The molecular weight excluding hydrogens is 311 g/mol. The minimum Gasteiger partial charge on any atom is -0.384 e. The maximum atomic E-state index is 12.5. The van der Waals surface area contributed by atoms with Crippen molar-refractivity contribution in [3.63, 3.8) is 0 Å². The van der Waals surface area contributed by atoms with Crippen molar-refractivity contribution in [1.82, 2.24) is 9.88 Å². The van der Waals surface area contributed by atoms with E-state index in [-0.39, 0.29) is 11.9 Å². The van der Waals surface area contributed by atoms with Gasteiger partial charge in [0.25, 0.3) is 0 Å². The van der Waals surface area contributed by atoms with Gasteiger partial charge in [-0.3, -0.25) is 4.79 Å². The van der Waals surface area contributed by atoms with Crippen LogP contribution in [0.1, 0.15) is 24.8 Å². The molecule has 0 atom stereocenters. The summed E-state index contributed by atoms with van der Waals surface area (Å²) in [5.74, 6) is 0.486. The van der Waals surface area contributed by atoms with Gasteiger partial charge in [-0.05, 0) is 25.0 Å². The van der Waals surface area contributed by atoms with Gasteiger partial charge in [-0.25, -0.2) is 4.98 Å². The second kappa shape index (κ2) is 7.63. The van der Waals surface area contributed by atoms with E-state index in [1.165, 1.54) is 6.07 Å². The molecule has 128 valence electrons. The van der Waals surface area contributed by atoms with Gasteiger partial charge < -0.3 is 15.0 Å². The van der Waals surface area contributed by atoms with Gasteiger partial charge in [0, 0.05) is 32.4 Å². The highest BCUT2D eigenvalue weighted by Crippen LogP contribution is 2.29. The third-order valence-electron chi connectivity index (χ3n) is 3.81. The molecule has 1 saturated heterocycles. The number of piperidine rings is 1.